The van der Waals surface area contributed by atoms with Crippen LogP contribution in [0.3, 0.4) is 0 Å². The number of nitrogens with one attached hydrogen (secondary N) is 1. The molecule has 0 unspecified atom stereocenters. The molecule has 0 atom stereocenters. The Morgan fingerprint density at radius 2 is 1.78 bits per heavy atom. The Labute approximate surface area is 225 Å². The number of halogens is 1. The largest absolute Gasteiger partial charge is 0.325 e. The molecule has 1 aromatic heterocycles. The molecule has 0 fully saturated rings. The van der Waals surface area contributed by atoms with E-state index in [0.29, 0.717) is 32.8 Å². The molecule has 7 nitrogen and oxygen atoms in total. The first kappa shape index (κ1) is 25.3. The summed E-state index contributed by atoms with van der Waals surface area (Å²) in [5.74, 6) is -0.126. The Morgan fingerprint density at radius 3 is 2.51 bits per heavy atom. The van der Waals surface area contributed by atoms with Gasteiger partial charge in [0.2, 0.25) is 5.91 Å². The molecule has 0 saturated carbocycles. The predicted octanol–water partition coefficient (Wildman–Crippen LogP) is 5.80. The van der Waals surface area contributed by atoms with E-state index in [1.165, 1.54) is 16.1 Å². The Balaban J connectivity index is 1.40. The van der Waals surface area contributed by atoms with Crippen LogP contribution in [-0.2, 0) is 27.8 Å². The van der Waals surface area contributed by atoms with Crippen LogP contribution >= 0.6 is 23.4 Å². The summed E-state index contributed by atoms with van der Waals surface area (Å²) in [6, 6.07) is 22.1. The molecule has 1 aliphatic heterocycles. The number of rotatable bonds is 7. The number of sulfonamides is 1. The normalized spacial score (nSPS) is 13.5. The molecule has 4 aromatic rings. The number of nitrogens with zero attached hydrogens (tertiary/aromatic N) is 3. The van der Waals surface area contributed by atoms with Gasteiger partial charge in [0, 0.05) is 16.3 Å². The summed E-state index contributed by atoms with van der Waals surface area (Å²) >= 11 is 7.40. The molecule has 0 aliphatic carbocycles. The van der Waals surface area contributed by atoms with Crippen LogP contribution in [0.4, 0.5) is 11.4 Å². The molecule has 0 saturated heterocycles. The van der Waals surface area contributed by atoms with Crippen molar-refractivity contribution in [1.82, 2.24) is 9.97 Å². The van der Waals surface area contributed by atoms with Gasteiger partial charge in [-0.1, -0.05) is 72.8 Å². The number of benzene rings is 3. The maximum atomic E-state index is 13.6. The van der Waals surface area contributed by atoms with Crippen molar-refractivity contribution in [3.63, 3.8) is 0 Å². The third-order valence-corrected chi connectivity index (χ3v) is 8.79. The van der Waals surface area contributed by atoms with Crippen LogP contribution in [0.2, 0.25) is 5.02 Å². The highest BCUT2D eigenvalue weighted by atomic mass is 35.5. The Morgan fingerprint density at radius 1 is 1.03 bits per heavy atom. The summed E-state index contributed by atoms with van der Waals surface area (Å²) in [6.45, 7) is 2.22. The molecule has 10 heteroatoms. The number of thioether (sulfide) groups is 1. The summed E-state index contributed by atoms with van der Waals surface area (Å²) in [6.07, 6.45) is 2.24. The molecule has 188 valence electrons. The second-order valence-electron chi connectivity index (χ2n) is 8.41. The number of carbonyl (C=O) groups is 1. The van der Waals surface area contributed by atoms with Crippen LogP contribution in [0.1, 0.15) is 18.1 Å². The Bertz CT molecular complexity index is 1560. The molecule has 0 spiro atoms. The van der Waals surface area contributed by atoms with Crippen LogP contribution in [-0.4, -0.2) is 30.0 Å². The van der Waals surface area contributed by atoms with Gasteiger partial charge in [0.05, 0.1) is 29.9 Å². The van der Waals surface area contributed by atoms with E-state index in [0.717, 1.165) is 23.7 Å². The van der Waals surface area contributed by atoms with Gasteiger partial charge in [-0.2, -0.15) is 0 Å². The molecule has 0 bridgehead atoms. The van der Waals surface area contributed by atoms with Crippen LogP contribution in [0, 0.1) is 0 Å². The zero-order chi connectivity index (χ0) is 26.0. The van der Waals surface area contributed by atoms with Gasteiger partial charge in [0.1, 0.15) is 4.90 Å². The van der Waals surface area contributed by atoms with E-state index < -0.39 is 10.0 Å². The average Bonchev–Trinajstić information content (AvgIpc) is 2.91. The molecular formula is C27H23ClN4O3S2. The van der Waals surface area contributed by atoms with E-state index in [4.69, 9.17) is 11.6 Å². The Hall–Kier alpha value is -3.40. The number of anilines is 2. The standard InChI is InChI=1S/C27H23ClN4O3S2/c1-2-18-8-11-21(12-9-18)30-25(33)17-36-27-29-15-24-26(31-27)22-13-10-20(28)14-23(22)32(37(24,34)35)16-19-6-4-3-5-7-19/h3-15H,2,16-17H2,1H3,(H,30,33). The summed E-state index contributed by atoms with van der Waals surface area (Å²) in [5, 5.41) is 3.58. The lowest BCUT2D eigenvalue weighted by molar-refractivity contribution is -0.113. The van der Waals surface area contributed by atoms with Gasteiger partial charge in [-0.05, 0) is 47.9 Å². The minimum absolute atomic E-state index is 0.0167. The second-order valence-corrected chi connectivity index (χ2v) is 11.6. The number of aryl methyl sites for hydroxylation is 1. The number of carbonyl (C=O) groups excluding carboxylic acids is 1. The van der Waals surface area contributed by atoms with Gasteiger partial charge in [-0.15, -0.1) is 0 Å². The lowest BCUT2D eigenvalue weighted by Crippen LogP contribution is -2.34. The summed E-state index contributed by atoms with van der Waals surface area (Å²) < 4.78 is 28.6. The van der Waals surface area contributed by atoms with E-state index in [-0.39, 0.29) is 23.1 Å². The molecular weight excluding hydrogens is 528 g/mol. The van der Waals surface area contributed by atoms with E-state index in [1.807, 2.05) is 54.6 Å². The molecule has 1 amide bonds. The fourth-order valence-electron chi connectivity index (χ4n) is 4.04. The number of amides is 1. The Kier molecular flexibility index (Phi) is 7.19. The molecule has 1 N–H and O–H groups in total. The summed E-state index contributed by atoms with van der Waals surface area (Å²) in [4.78, 5) is 21.3. The second kappa shape index (κ2) is 10.5. The molecule has 3 aromatic carbocycles. The fraction of sp³-hybridized carbons (Fsp3) is 0.148. The van der Waals surface area contributed by atoms with E-state index in [1.54, 1.807) is 18.2 Å². The predicted molar refractivity (Wildman–Crippen MR) is 147 cm³/mol. The molecule has 1 aliphatic rings. The highest BCUT2D eigenvalue weighted by Gasteiger charge is 2.37. The maximum absolute atomic E-state index is 13.6. The zero-order valence-electron chi connectivity index (χ0n) is 19.9. The number of aromatic nitrogens is 2. The van der Waals surface area contributed by atoms with E-state index >= 15 is 0 Å². The third kappa shape index (κ3) is 5.34. The van der Waals surface area contributed by atoms with Crippen molar-refractivity contribution in [2.24, 2.45) is 0 Å². The lowest BCUT2D eigenvalue weighted by Gasteiger charge is -2.31. The van der Waals surface area contributed by atoms with Gasteiger partial charge >= 0.3 is 0 Å². The van der Waals surface area contributed by atoms with Crippen LogP contribution in [0.25, 0.3) is 11.3 Å². The van der Waals surface area contributed by atoms with Gasteiger partial charge in [-0.25, -0.2) is 18.4 Å². The first-order valence-electron chi connectivity index (χ1n) is 11.6. The van der Waals surface area contributed by atoms with E-state index in [2.05, 4.69) is 22.2 Å². The number of hydrogen-bond acceptors (Lipinski definition) is 6. The van der Waals surface area contributed by atoms with Gasteiger partial charge in [-0.3, -0.25) is 9.10 Å². The van der Waals surface area contributed by atoms with Crippen LogP contribution in [0.15, 0.2) is 89.0 Å². The van der Waals surface area contributed by atoms with Crippen LogP contribution in [0.5, 0.6) is 0 Å². The highest BCUT2D eigenvalue weighted by Crippen LogP contribution is 2.44. The summed E-state index contributed by atoms with van der Waals surface area (Å²) in [7, 11) is -3.94. The summed E-state index contributed by atoms with van der Waals surface area (Å²) in [5.41, 5.74) is 4.12. The van der Waals surface area contributed by atoms with Gasteiger partial charge in [0.15, 0.2) is 5.16 Å². The maximum Gasteiger partial charge on any atom is 0.268 e. The quantitative estimate of drug-likeness (QED) is 0.231. The number of fused-ring (bicyclic) bond motifs is 3. The fourth-order valence-corrected chi connectivity index (χ4v) is 6.37. The van der Waals surface area contributed by atoms with Crippen molar-refractivity contribution >= 4 is 50.7 Å². The van der Waals surface area contributed by atoms with Gasteiger partial charge < -0.3 is 5.32 Å². The van der Waals surface area contributed by atoms with E-state index in [9.17, 15) is 13.2 Å². The highest BCUT2D eigenvalue weighted by molar-refractivity contribution is 7.99. The molecule has 37 heavy (non-hydrogen) atoms. The van der Waals surface area contributed by atoms with Crippen LogP contribution < -0.4 is 9.62 Å². The molecule has 5 rings (SSSR count). The van der Waals surface area contributed by atoms with Crippen molar-refractivity contribution in [3.05, 3.63) is 95.1 Å². The van der Waals surface area contributed by atoms with Crippen molar-refractivity contribution < 1.29 is 13.2 Å². The van der Waals surface area contributed by atoms with Crippen molar-refractivity contribution in [3.8, 4) is 11.3 Å². The van der Waals surface area contributed by atoms with Crippen molar-refractivity contribution in [1.29, 1.82) is 0 Å². The monoisotopic (exact) mass is 550 g/mol. The topological polar surface area (TPSA) is 92.3 Å². The SMILES string of the molecule is CCc1ccc(NC(=O)CSc2ncc3c(n2)-c2ccc(Cl)cc2N(Cc2ccccc2)S3(=O)=O)cc1. The molecule has 0 radical (unpaired) electrons. The van der Waals surface area contributed by atoms with Crippen molar-refractivity contribution in [2.45, 2.75) is 29.9 Å². The minimum atomic E-state index is -3.94. The first-order chi connectivity index (χ1) is 17.8. The van der Waals surface area contributed by atoms with Crippen molar-refractivity contribution in [2.75, 3.05) is 15.4 Å². The third-order valence-electron chi connectivity index (χ3n) is 5.93. The average molecular weight is 551 g/mol. The smallest absolute Gasteiger partial charge is 0.268 e. The zero-order valence-corrected chi connectivity index (χ0v) is 22.3. The molecule has 2 heterocycles. The van der Waals surface area contributed by atoms with Gasteiger partial charge in [0.25, 0.3) is 10.0 Å². The number of hydrogen-bond donors (Lipinski definition) is 1. The first-order valence-corrected chi connectivity index (χ1v) is 14.4. The lowest BCUT2D eigenvalue weighted by atomic mass is 10.1. The minimum Gasteiger partial charge on any atom is -0.325 e.